The van der Waals surface area contributed by atoms with Gasteiger partial charge < -0.3 is 5.32 Å². The molecule has 2 amide bonds. The van der Waals surface area contributed by atoms with Crippen LogP contribution in [0.15, 0.2) is 24.3 Å². The van der Waals surface area contributed by atoms with Gasteiger partial charge in [-0.25, -0.2) is 0 Å². The van der Waals surface area contributed by atoms with Crippen LogP contribution in [0.4, 0.5) is 5.69 Å². The molecule has 0 aromatic heterocycles. The fourth-order valence-corrected chi connectivity index (χ4v) is 2.42. The molecule has 1 saturated heterocycles. The predicted molar refractivity (Wildman–Crippen MR) is 73.7 cm³/mol. The zero-order valence-corrected chi connectivity index (χ0v) is 11.8. The Kier molecular flexibility index (Phi) is 3.37. The SMILES string of the molecule is CC1NC(=O)C(C)N(c2cccc(I)c2)C1=O. The van der Waals surface area contributed by atoms with E-state index in [0.29, 0.717) is 0 Å². The molecule has 2 unspecified atom stereocenters. The van der Waals surface area contributed by atoms with Crippen LogP contribution in [0.1, 0.15) is 13.8 Å². The Bertz CT molecular complexity index is 475. The lowest BCUT2D eigenvalue weighted by Gasteiger charge is -2.36. The van der Waals surface area contributed by atoms with Crippen molar-refractivity contribution in [2.24, 2.45) is 0 Å². The minimum atomic E-state index is -0.462. The van der Waals surface area contributed by atoms with Gasteiger partial charge in [-0.15, -0.1) is 0 Å². The summed E-state index contributed by atoms with van der Waals surface area (Å²) in [5.74, 6) is -0.185. The standard InChI is InChI=1S/C12H13IN2O2/c1-7-12(17)15(8(2)11(16)14-7)10-5-3-4-9(13)6-10/h3-8H,1-2H3,(H,14,16). The molecule has 1 aliphatic heterocycles. The average Bonchev–Trinajstić information content (AvgIpc) is 2.27. The molecule has 4 nitrogen and oxygen atoms in total. The largest absolute Gasteiger partial charge is 0.343 e. The first kappa shape index (κ1) is 12.3. The Morgan fingerprint density at radius 3 is 2.65 bits per heavy atom. The van der Waals surface area contributed by atoms with Gasteiger partial charge in [-0.1, -0.05) is 6.07 Å². The van der Waals surface area contributed by atoms with Crippen LogP contribution >= 0.6 is 22.6 Å². The fourth-order valence-electron chi connectivity index (χ4n) is 1.89. The summed E-state index contributed by atoms with van der Waals surface area (Å²) in [6.07, 6.45) is 0. The van der Waals surface area contributed by atoms with E-state index >= 15 is 0 Å². The zero-order valence-electron chi connectivity index (χ0n) is 9.61. The van der Waals surface area contributed by atoms with E-state index in [9.17, 15) is 9.59 Å². The van der Waals surface area contributed by atoms with Gasteiger partial charge in [-0.05, 0) is 54.6 Å². The fraction of sp³-hybridized carbons (Fsp3) is 0.333. The second-order valence-corrected chi connectivity index (χ2v) is 5.34. The van der Waals surface area contributed by atoms with Crippen molar-refractivity contribution in [1.82, 2.24) is 5.32 Å². The number of halogens is 1. The summed E-state index contributed by atoms with van der Waals surface area (Å²) < 4.78 is 1.04. The lowest BCUT2D eigenvalue weighted by atomic mass is 10.1. The molecule has 90 valence electrons. The van der Waals surface area contributed by atoms with E-state index in [4.69, 9.17) is 0 Å². The van der Waals surface area contributed by atoms with E-state index < -0.39 is 12.1 Å². The summed E-state index contributed by atoms with van der Waals surface area (Å²) in [6.45, 7) is 3.44. The van der Waals surface area contributed by atoms with Gasteiger partial charge in [0.05, 0.1) is 0 Å². The van der Waals surface area contributed by atoms with Crippen molar-refractivity contribution in [2.75, 3.05) is 4.90 Å². The first-order valence-corrected chi connectivity index (χ1v) is 6.47. The summed E-state index contributed by atoms with van der Waals surface area (Å²) in [7, 11) is 0. The van der Waals surface area contributed by atoms with Crippen LogP contribution in [0.2, 0.25) is 0 Å². The second-order valence-electron chi connectivity index (χ2n) is 4.09. The van der Waals surface area contributed by atoms with E-state index in [-0.39, 0.29) is 11.8 Å². The molecular weight excluding hydrogens is 331 g/mol. The average molecular weight is 344 g/mol. The number of rotatable bonds is 1. The summed E-state index contributed by atoms with van der Waals surface area (Å²) in [6, 6.07) is 6.66. The number of piperazine rings is 1. The molecule has 0 aliphatic carbocycles. The lowest BCUT2D eigenvalue weighted by Crippen LogP contribution is -2.61. The molecule has 2 rings (SSSR count). The molecule has 1 N–H and O–H groups in total. The van der Waals surface area contributed by atoms with Crippen molar-refractivity contribution < 1.29 is 9.59 Å². The molecule has 0 saturated carbocycles. The van der Waals surface area contributed by atoms with Crippen LogP contribution in [0.25, 0.3) is 0 Å². The van der Waals surface area contributed by atoms with Crippen molar-refractivity contribution in [2.45, 2.75) is 25.9 Å². The van der Waals surface area contributed by atoms with Crippen molar-refractivity contribution in [3.05, 3.63) is 27.8 Å². The maximum absolute atomic E-state index is 12.1. The number of hydrogen-bond acceptors (Lipinski definition) is 2. The highest BCUT2D eigenvalue weighted by Crippen LogP contribution is 2.23. The Morgan fingerprint density at radius 1 is 1.29 bits per heavy atom. The van der Waals surface area contributed by atoms with Crippen LogP contribution in [0.5, 0.6) is 0 Å². The highest BCUT2D eigenvalue weighted by Gasteiger charge is 2.36. The normalized spacial score (nSPS) is 24.8. The van der Waals surface area contributed by atoms with Crippen molar-refractivity contribution >= 4 is 40.1 Å². The summed E-state index contributed by atoms with van der Waals surface area (Å²) in [5, 5.41) is 2.66. The maximum atomic E-state index is 12.1. The molecule has 0 bridgehead atoms. The van der Waals surface area contributed by atoms with E-state index in [0.717, 1.165) is 9.26 Å². The van der Waals surface area contributed by atoms with E-state index in [1.54, 1.807) is 18.7 Å². The maximum Gasteiger partial charge on any atom is 0.250 e. The Hall–Kier alpha value is -1.11. The Morgan fingerprint density at radius 2 is 2.00 bits per heavy atom. The monoisotopic (exact) mass is 344 g/mol. The quantitative estimate of drug-likeness (QED) is 0.786. The number of carbonyl (C=O) groups is 2. The topological polar surface area (TPSA) is 49.4 Å². The number of carbonyl (C=O) groups excluding carboxylic acids is 2. The van der Waals surface area contributed by atoms with Gasteiger partial charge in [0, 0.05) is 9.26 Å². The summed E-state index contributed by atoms with van der Waals surface area (Å²) in [5.41, 5.74) is 0.774. The highest BCUT2D eigenvalue weighted by atomic mass is 127. The lowest BCUT2D eigenvalue weighted by molar-refractivity contribution is -0.133. The zero-order chi connectivity index (χ0) is 12.6. The van der Waals surface area contributed by atoms with Gasteiger partial charge in [0.1, 0.15) is 12.1 Å². The Labute approximate surface area is 114 Å². The molecule has 2 atom stereocenters. The number of hydrogen-bond donors (Lipinski definition) is 1. The first-order chi connectivity index (χ1) is 8.00. The molecule has 1 fully saturated rings. The molecule has 1 aromatic rings. The minimum Gasteiger partial charge on any atom is -0.343 e. The molecule has 1 aromatic carbocycles. The number of benzene rings is 1. The van der Waals surface area contributed by atoms with Crippen molar-refractivity contribution in [3.8, 4) is 0 Å². The van der Waals surface area contributed by atoms with Crippen LogP contribution in [-0.4, -0.2) is 23.9 Å². The molecule has 17 heavy (non-hydrogen) atoms. The number of anilines is 1. The number of amides is 2. The van der Waals surface area contributed by atoms with Gasteiger partial charge >= 0.3 is 0 Å². The molecule has 1 aliphatic rings. The van der Waals surface area contributed by atoms with E-state index in [1.165, 1.54) is 0 Å². The predicted octanol–water partition coefficient (Wildman–Crippen LogP) is 1.53. The number of nitrogens with one attached hydrogen (secondary N) is 1. The third-order valence-electron chi connectivity index (χ3n) is 2.82. The third kappa shape index (κ3) is 2.29. The van der Waals surface area contributed by atoms with Gasteiger partial charge in [0.25, 0.3) is 0 Å². The van der Waals surface area contributed by atoms with E-state index in [2.05, 4.69) is 27.9 Å². The highest BCUT2D eigenvalue weighted by molar-refractivity contribution is 14.1. The molecule has 1 heterocycles. The Balaban J connectivity index is 2.41. The molecule has 0 spiro atoms. The molecule has 0 radical (unpaired) electrons. The van der Waals surface area contributed by atoms with E-state index in [1.807, 2.05) is 24.3 Å². The summed E-state index contributed by atoms with van der Waals surface area (Å²) >= 11 is 2.19. The van der Waals surface area contributed by atoms with Crippen LogP contribution < -0.4 is 10.2 Å². The smallest absolute Gasteiger partial charge is 0.250 e. The van der Waals surface area contributed by atoms with Crippen LogP contribution in [0.3, 0.4) is 0 Å². The molecular formula is C12H13IN2O2. The van der Waals surface area contributed by atoms with Crippen molar-refractivity contribution in [1.29, 1.82) is 0 Å². The molecule has 5 heteroatoms. The van der Waals surface area contributed by atoms with Gasteiger partial charge in [0.15, 0.2) is 0 Å². The summed E-state index contributed by atoms with van der Waals surface area (Å²) in [4.78, 5) is 25.4. The third-order valence-corrected chi connectivity index (χ3v) is 3.49. The number of nitrogens with zero attached hydrogens (tertiary/aromatic N) is 1. The van der Waals surface area contributed by atoms with Gasteiger partial charge in [0.2, 0.25) is 11.8 Å². The van der Waals surface area contributed by atoms with Gasteiger partial charge in [-0.3, -0.25) is 14.5 Å². The second kappa shape index (κ2) is 4.64. The van der Waals surface area contributed by atoms with Crippen molar-refractivity contribution in [3.63, 3.8) is 0 Å². The van der Waals surface area contributed by atoms with Crippen LogP contribution in [0, 0.1) is 3.57 Å². The van der Waals surface area contributed by atoms with Gasteiger partial charge in [-0.2, -0.15) is 0 Å². The van der Waals surface area contributed by atoms with Crippen LogP contribution in [-0.2, 0) is 9.59 Å². The first-order valence-electron chi connectivity index (χ1n) is 5.39. The minimum absolute atomic E-state index is 0.0703.